The van der Waals surface area contributed by atoms with E-state index >= 15 is 0 Å². The zero-order chi connectivity index (χ0) is 19.0. The van der Waals surface area contributed by atoms with Gasteiger partial charge in [0, 0.05) is 10.9 Å². The second-order valence-electron chi connectivity index (χ2n) is 5.88. The molecule has 2 aromatic carbocycles. The Balaban J connectivity index is 1.72. The van der Waals surface area contributed by atoms with Crippen molar-refractivity contribution in [1.29, 1.82) is 0 Å². The number of rotatable bonds is 4. The third-order valence-corrected chi connectivity index (χ3v) is 5.04. The monoisotopic (exact) mass is 389 g/mol. The predicted molar refractivity (Wildman–Crippen MR) is 97.9 cm³/mol. The lowest BCUT2D eigenvalue weighted by molar-refractivity contribution is -0.146. The van der Waals surface area contributed by atoms with Crippen molar-refractivity contribution in [3.05, 3.63) is 65.4 Å². The van der Waals surface area contributed by atoms with Crippen LogP contribution in [0, 0.1) is 0 Å². The van der Waals surface area contributed by atoms with E-state index in [0.29, 0.717) is 22.5 Å². The molecule has 0 unspecified atom stereocenters. The van der Waals surface area contributed by atoms with Gasteiger partial charge in [-0.3, -0.25) is 0 Å². The van der Waals surface area contributed by atoms with Crippen LogP contribution in [-0.2, 0) is 12.7 Å². The number of para-hydroxylation sites is 2. The standard InChI is InChI=1S/C19H14F3N3OS/c1-26-14-6-4-5-12(9-14)17-23-13(11-27-17)10-25-16-8-3-2-7-15(16)24-18(25)19(20,21)22/h2-9,11H,10H2,1H3. The number of aromatic nitrogens is 3. The third kappa shape index (κ3) is 3.40. The first-order valence-corrected chi connectivity index (χ1v) is 8.95. The molecule has 138 valence electrons. The lowest BCUT2D eigenvalue weighted by Gasteiger charge is -2.10. The lowest BCUT2D eigenvalue weighted by Crippen LogP contribution is -2.15. The largest absolute Gasteiger partial charge is 0.497 e. The molecule has 2 heterocycles. The number of methoxy groups -OCH3 is 1. The van der Waals surface area contributed by atoms with E-state index in [1.807, 2.05) is 24.3 Å². The minimum absolute atomic E-state index is 0.00414. The molecule has 4 nitrogen and oxygen atoms in total. The molecule has 0 aliphatic rings. The summed E-state index contributed by atoms with van der Waals surface area (Å²) in [6, 6.07) is 14.0. The molecule has 0 saturated carbocycles. The maximum atomic E-state index is 13.4. The van der Waals surface area contributed by atoms with Gasteiger partial charge in [-0.2, -0.15) is 13.2 Å². The molecule has 4 rings (SSSR count). The summed E-state index contributed by atoms with van der Waals surface area (Å²) in [5, 5.41) is 2.49. The van der Waals surface area contributed by atoms with Gasteiger partial charge in [0.15, 0.2) is 0 Å². The van der Waals surface area contributed by atoms with Crippen LogP contribution < -0.4 is 4.74 Å². The van der Waals surface area contributed by atoms with Crippen LogP contribution in [0.1, 0.15) is 11.5 Å². The van der Waals surface area contributed by atoms with E-state index in [1.54, 1.807) is 36.8 Å². The topological polar surface area (TPSA) is 39.9 Å². The van der Waals surface area contributed by atoms with Gasteiger partial charge in [-0.15, -0.1) is 11.3 Å². The summed E-state index contributed by atoms with van der Waals surface area (Å²) in [7, 11) is 1.58. The quantitative estimate of drug-likeness (QED) is 0.479. The number of thiazole rings is 1. The van der Waals surface area contributed by atoms with Crippen LogP contribution in [0.4, 0.5) is 13.2 Å². The van der Waals surface area contributed by atoms with Gasteiger partial charge in [-0.05, 0) is 24.3 Å². The van der Waals surface area contributed by atoms with Gasteiger partial charge >= 0.3 is 6.18 Å². The van der Waals surface area contributed by atoms with Crippen molar-refractivity contribution in [2.75, 3.05) is 7.11 Å². The highest BCUT2D eigenvalue weighted by Gasteiger charge is 2.37. The van der Waals surface area contributed by atoms with Crippen molar-refractivity contribution < 1.29 is 17.9 Å². The van der Waals surface area contributed by atoms with Crippen molar-refractivity contribution in [2.45, 2.75) is 12.7 Å². The molecule has 0 spiro atoms. The van der Waals surface area contributed by atoms with Crippen molar-refractivity contribution >= 4 is 22.4 Å². The summed E-state index contributed by atoms with van der Waals surface area (Å²) < 4.78 is 46.7. The average molecular weight is 389 g/mol. The maximum Gasteiger partial charge on any atom is 0.449 e. The van der Waals surface area contributed by atoms with Crippen LogP contribution in [0.15, 0.2) is 53.9 Å². The minimum atomic E-state index is -4.54. The Labute approximate surface area is 156 Å². The van der Waals surface area contributed by atoms with Crippen molar-refractivity contribution in [2.24, 2.45) is 0 Å². The zero-order valence-electron chi connectivity index (χ0n) is 14.2. The Morgan fingerprint density at radius 3 is 2.67 bits per heavy atom. The third-order valence-electron chi connectivity index (χ3n) is 4.10. The molecule has 0 radical (unpaired) electrons. The molecule has 0 aliphatic carbocycles. The minimum Gasteiger partial charge on any atom is -0.497 e. The molecule has 0 amide bonds. The van der Waals surface area contributed by atoms with Crippen molar-refractivity contribution in [3.63, 3.8) is 0 Å². The van der Waals surface area contributed by atoms with Gasteiger partial charge in [0.2, 0.25) is 5.82 Å². The number of alkyl halides is 3. The molecule has 0 saturated heterocycles. The fourth-order valence-electron chi connectivity index (χ4n) is 2.88. The summed E-state index contributed by atoms with van der Waals surface area (Å²) in [5.41, 5.74) is 2.15. The molecule has 4 aromatic rings. The number of hydrogen-bond acceptors (Lipinski definition) is 4. The van der Waals surface area contributed by atoms with E-state index < -0.39 is 12.0 Å². The highest BCUT2D eigenvalue weighted by atomic mass is 32.1. The number of halogens is 3. The van der Waals surface area contributed by atoms with Gasteiger partial charge in [-0.25, -0.2) is 9.97 Å². The van der Waals surface area contributed by atoms with Gasteiger partial charge < -0.3 is 9.30 Å². The van der Waals surface area contributed by atoms with Crippen LogP contribution in [0.25, 0.3) is 21.6 Å². The fourth-order valence-corrected chi connectivity index (χ4v) is 3.69. The van der Waals surface area contributed by atoms with Crippen molar-refractivity contribution in [3.8, 4) is 16.3 Å². The smallest absolute Gasteiger partial charge is 0.449 e. The molecule has 0 N–H and O–H groups in total. The lowest BCUT2D eigenvalue weighted by atomic mass is 10.2. The number of ether oxygens (including phenoxy) is 1. The van der Waals surface area contributed by atoms with Crippen LogP contribution >= 0.6 is 11.3 Å². The molecule has 0 atom stereocenters. The SMILES string of the molecule is COc1cccc(-c2nc(Cn3c(C(F)(F)F)nc4ccccc43)cs2)c1. The molecule has 2 aromatic heterocycles. The normalized spacial score (nSPS) is 11.9. The van der Waals surface area contributed by atoms with E-state index in [4.69, 9.17) is 4.74 Å². The summed E-state index contributed by atoms with van der Waals surface area (Å²) in [5.74, 6) is -0.219. The van der Waals surface area contributed by atoms with Crippen LogP contribution in [-0.4, -0.2) is 21.6 Å². The van der Waals surface area contributed by atoms with E-state index in [0.717, 1.165) is 10.6 Å². The second kappa shape index (κ2) is 6.70. The van der Waals surface area contributed by atoms with E-state index in [2.05, 4.69) is 9.97 Å². The number of imidazole rings is 1. The van der Waals surface area contributed by atoms with E-state index in [1.165, 1.54) is 15.9 Å². The highest BCUT2D eigenvalue weighted by molar-refractivity contribution is 7.13. The van der Waals surface area contributed by atoms with Gasteiger partial charge in [0.05, 0.1) is 30.4 Å². The molecule has 0 bridgehead atoms. The van der Waals surface area contributed by atoms with Gasteiger partial charge in [-0.1, -0.05) is 24.3 Å². The Morgan fingerprint density at radius 2 is 1.89 bits per heavy atom. The fraction of sp³-hybridized carbons (Fsp3) is 0.158. The number of hydrogen-bond donors (Lipinski definition) is 0. The zero-order valence-corrected chi connectivity index (χ0v) is 15.0. The summed E-state index contributed by atoms with van der Waals surface area (Å²) in [4.78, 5) is 8.27. The second-order valence-corrected chi connectivity index (χ2v) is 6.74. The Bertz CT molecular complexity index is 1100. The van der Waals surface area contributed by atoms with Gasteiger partial charge in [0.25, 0.3) is 0 Å². The Kier molecular flexibility index (Phi) is 4.35. The van der Waals surface area contributed by atoms with Crippen LogP contribution in [0.5, 0.6) is 5.75 Å². The number of nitrogens with zero attached hydrogens (tertiary/aromatic N) is 3. The number of fused-ring (bicyclic) bond motifs is 1. The molecule has 8 heteroatoms. The maximum absolute atomic E-state index is 13.4. The first kappa shape index (κ1) is 17.5. The highest BCUT2D eigenvalue weighted by Crippen LogP contribution is 2.33. The first-order chi connectivity index (χ1) is 13.0. The Morgan fingerprint density at radius 1 is 1.07 bits per heavy atom. The molecular formula is C19H14F3N3OS. The van der Waals surface area contributed by atoms with Crippen LogP contribution in [0.3, 0.4) is 0 Å². The van der Waals surface area contributed by atoms with Crippen LogP contribution in [0.2, 0.25) is 0 Å². The summed E-state index contributed by atoms with van der Waals surface area (Å²) >= 11 is 1.38. The summed E-state index contributed by atoms with van der Waals surface area (Å²) in [6.07, 6.45) is -4.54. The first-order valence-electron chi connectivity index (χ1n) is 8.07. The molecular weight excluding hydrogens is 375 g/mol. The molecule has 0 aliphatic heterocycles. The van der Waals surface area contributed by atoms with Gasteiger partial charge in [0.1, 0.15) is 10.8 Å². The predicted octanol–water partition coefficient (Wildman–Crippen LogP) is 5.24. The Hall–Kier alpha value is -2.87. The van der Waals surface area contributed by atoms with Crippen molar-refractivity contribution in [1.82, 2.24) is 14.5 Å². The van der Waals surface area contributed by atoms with E-state index in [-0.39, 0.29) is 6.54 Å². The van der Waals surface area contributed by atoms with E-state index in [9.17, 15) is 13.2 Å². The summed E-state index contributed by atoms with van der Waals surface area (Å²) in [6.45, 7) is -0.00414. The molecule has 27 heavy (non-hydrogen) atoms. The average Bonchev–Trinajstić information content (AvgIpc) is 3.27. The molecule has 0 fully saturated rings. The number of benzene rings is 2.